The van der Waals surface area contributed by atoms with Crippen molar-refractivity contribution in [1.29, 1.82) is 0 Å². The van der Waals surface area contributed by atoms with Crippen LogP contribution in [0.15, 0.2) is 12.7 Å². The fraction of sp³-hybridized carbons (Fsp3) is 0.778. The maximum absolute atomic E-state index is 5.57. The first-order chi connectivity index (χ1) is 5.37. The van der Waals surface area contributed by atoms with Crippen LogP contribution in [0.1, 0.15) is 19.3 Å². The molecule has 1 unspecified atom stereocenters. The molecule has 2 aliphatic rings. The summed E-state index contributed by atoms with van der Waals surface area (Å²) >= 11 is 0. The lowest BCUT2D eigenvalue weighted by Gasteiger charge is -2.44. The Morgan fingerprint density at radius 1 is 1.45 bits per heavy atom. The molecule has 1 aliphatic carbocycles. The van der Waals surface area contributed by atoms with Gasteiger partial charge in [0, 0.05) is 12.3 Å². The summed E-state index contributed by atoms with van der Waals surface area (Å²) in [5.74, 6) is 0.385. The lowest BCUT2D eigenvalue weighted by Crippen LogP contribution is -2.47. The molecule has 1 saturated heterocycles. The Balaban J connectivity index is 1.97. The average molecular weight is 154 g/mol. The van der Waals surface area contributed by atoms with E-state index in [4.69, 9.17) is 9.47 Å². The van der Waals surface area contributed by atoms with Gasteiger partial charge in [0.05, 0.1) is 13.2 Å². The van der Waals surface area contributed by atoms with Gasteiger partial charge in [-0.15, -0.1) is 6.58 Å². The molecule has 0 aromatic carbocycles. The second-order valence-electron chi connectivity index (χ2n) is 3.27. The van der Waals surface area contributed by atoms with Crippen LogP contribution in [0.2, 0.25) is 0 Å². The van der Waals surface area contributed by atoms with Gasteiger partial charge in [0.25, 0.3) is 0 Å². The molecule has 1 atom stereocenters. The van der Waals surface area contributed by atoms with Crippen molar-refractivity contribution in [3.63, 3.8) is 0 Å². The molecular weight excluding hydrogens is 140 g/mol. The molecule has 1 saturated carbocycles. The Kier molecular flexibility index (Phi) is 1.74. The predicted molar refractivity (Wildman–Crippen MR) is 42.2 cm³/mol. The third-order valence-corrected chi connectivity index (χ3v) is 2.69. The Bertz CT molecular complexity index is 159. The zero-order valence-corrected chi connectivity index (χ0v) is 6.71. The van der Waals surface area contributed by atoms with Crippen LogP contribution in [0.4, 0.5) is 0 Å². The zero-order valence-electron chi connectivity index (χ0n) is 6.71. The van der Waals surface area contributed by atoms with Gasteiger partial charge >= 0.3 is 0 Å². The van der Waals surface area contributed by atoms with Gasteiger partial charge < -0.3 is 9.47 Å². The second kappa shape index (κ2) is 2.61. The summed E-state index contributed by atoms with van der Waals surface area (Å²) in [6, 6.07) is 0. The topological polar surface area (TPSA) is 18.5 Å². The molecule has 0 bridgehead atoms. The highest BCUT2D eigenvalue weighted by molar-refractivity contribution is 4.95. The first-order valence-electron chi connectivity index (χ1n) is 4.26. The van der Waals surface area contributed by atoms with E-state index < -0.39 is 0 Å². The highest BCUT2D eigenvalue weighted by Gasteiger charge is 2.50. The van der Waals surface area contributed by atoms with Crippen LogP contribution in [0.3, 0.4) is 0 Å². The Hall–Kier alpha value is -0.340. The van der Waals surface area contributed by atoms with Crippen LogP contribution in [0.5, 0.6) is 0 Å². The molecule has 0 radical (unpaired) electrons. The monoisotopic (exact) mass is 154 g/mol. The largest absolute Gasteiger partial charge is 0.347 e. The molecule has 2 nitrogen and oxygen atoms in total. The number of hydrogen-bond acceptors (Lipinski definition) is 2. The Labute approximate surface area is 67.2 Å². The Morgan fingerprint density at radius 2 is 2.18 bits per heavy atom. The third kappa shape index (κ3) is 1.01. The van der Waals surface area contributed by atoms with Gasteiger partial charge in [-0.25, -0.2) is 0 Å². The molecule has 2 fully saturated rings. The SMILES string of the molecule is C=CCC1CCC12OCCO2. The van der Waals surface area contributed by atoms with Crippen LogP contribution < -0.4 is 0 Å². The third-order valence-electron chi connectivity index (χ3n) is 2.69. The minimum Gasteiger partial charge on any atom is -0.347 e. The number of rotatable bonds is 2. The molecule has 0 amide bonds. The molecule has 1 spiro atoms. The standard InChI is InChI=1S/C9H14O2/c1-2-3-8-4-5-9(8)10-6-7-11-9/h2,8H,1,3-7H2. The van der Waals surface area contributed by atoms with Gasteiger partial charge in [-0.3, -0.25) is 0 Å². The molecule has 1 aliphatic heterocycles. The molecule has 11 heavy (non-hydrogen) atoms. The summed E-state index contributed by atoms with van der Waals surface area (Å²) in [5, 5.41) is 0. The van der Waals surface area contributed by atoms with Crippen LogP contribution in [-0.2, 0) is 9.47 Å². The molecule has 1 heterocycles. The summed E-state index contributed by atoms with van der Waals surface area (Å²) in [4.78, 5) is 0. The van der Waals surface area contributed by atoms with E-state index in [1.165, 1.54) is 6.42 Å². The van der Waals surface area contributed by atoms with Crippen molar-refractivity contribution in [3.05, 3.63) is 12.7 Å². The predicted octanol–water partition coefficient (Wildman–Crippen LogP) is 1.72. The quantitative estimate of drug-likeness (QED) is 0.564. The minimum atomic E-state index is -0.186. The van der Waals surface area contributed by atoms with E-state index in [0.29, 0.717) is 5.92 Å². The molecule has 0 aromatic heterocycles. The smallest absolute Gasteiger partial charge is 0.171 e. The summed E-state index contributed by atoms with van der Waals surface area (Å²) in [6.07, 6.45) is 5.29. The van der Waals surface area contributed by atoms with E-state index in [-0.39, 0.29) is 5.79 Å². The van der Waals surface area contributed by atoms with Gasteiger partial charge in [-0.1, -0.05) is 6.08 Å². The van der Waals surface area contributed by atoms with E-state index >= 15 is 0 Å². The zero-order chi connectivity index (χ0) is 7.73. The molecule has 0 aromatic rings. The number of ether oxygens (including phenoxy) is 2. The second-order valence-corrected chi connectivity index (χ2v) is 3.27. The van der Waals surface area contributed by atoms with Gasteiger partial charge in [0.15, 0.2) is 5.79 Å². The number of hydrogen-bond donors (Lipinski definition) is 0. The van der Waals surface area contributed by atoms with E-state index in [2.05, 4.69) is 6.58 Å². The summed E-state index contributed by atoms with van der Waals surface area (Å²) in [7, 11) is 0. The van der Waals surface area contributed by atoms with Crippen molar-refractivity contribution in [2.24, 2.45) is 5.92 Å². The molecule has 62 valence electrons. The van der Waals surface area contributed by atoms with E-state index in [0.717, 1.165) is 26.1 Å². The summed E-state index contributed by atoms with van der Waals surface area (Å²) < 4.78 is 11.1. The average Bonchev–Trinajstić information content (AvgIpc) is 2.48. The van der Waals surface area contributed by atoms with Crippen LogP contribution in [-0.4, -0.2) is 19.0 Å². The van der Waals surface area contributed by atoms with Crippen molar-refractivity contribution in [2.75, 3.05) is 13.2 Å². The van der Waals surface area contributed by atoms with Gasteiger partial charge in [-0.05, 0) is 12.8 Å². The van der Waals surface area contributed by atoms with Crippen LogP contribution in [0.25, 0.3) is 0 Å². The van der Waals surface area contributed by atoms with E-state index in [1.807, 2.05) is 6.08 Å². The van der Waals surface area contributed by atoms with Crippen molar-refractivity contribution in [3.8, 4) is 0 Å². The van der Waals surface area contributed by atoms with E-state index in [1.54, 1.807) is 0 Å². The fourth-order valence-electron chi connectivity index (χ4n) is 1.93. The van der Waals surface area contributed by atoms with Gasteiger partial charge in [-0.2, -0.15) is 0 Å². The van der Waals surface area contributed by atoms with Crippen molar-refractivity contribution in [2.45, 2.75) is 25.0 Å². The first-order valence-corrected chi connectivity index (χ1v) is 4.26. The Morgan fingerprint density at radius 3 is 2.64 bits per heavy atom. The minimum absolute atomic E-state index is 0.186. The normalized spacial score (nSPS) is 33.6. The molecule has 2 rings (SSSR count). The summed E-state index contributed by atoms with van der Waals surface area (Å²) in [6.45, 7) is 5.27. The molecule has 0 N–H and O–H groups in total. The fourth-order valence-corrected chi connectivity index (χ4v) is 1.93. The maximum Gasteiger partial charge on any atom is 0.171 e. The maximum atomic E-state index is 5.57. The highest BCUT2D eigenvalue weighted by Crippen LogP contribution is 2.46. The van der Waals surface area contributed by atoms with Crippen LogP contribution >= 0.6 is 0 Å². The van der Waals surface area contributed by atoms with Gasteiger partial charge in [0.1, 0.15) is 0 Å². The van der Waals surface area contributed by atoms with Crippen LogP contribution in [0, 0.1) is 5.92 Å². The van der Waals surface area contributed by atoms with Gasteiger partial charge in [0.2, 0.25) is 0 Å². The van der Waals surface area contributed by atoms with Crippen molar-refractivity contribution in [1.82, 2.24) is 0 Å². The van der Waals surface area contributed by atoms with Crippen molar-refractivity contribution < 1.29 is 9.47 Å². The first kappa shape index (κ1) is 7.32. The lowest BCUT2D eigenvalue weighted by atomic mass is 9.76. The van der Waals surface area contributed by atoms with Crippen molar-refractivity contribution >= 4 is 0 Å². The highest BCUT2D eigenvalue weighted by atomic mass is 16.7. The number of allylic oxidation sites excluding steroid dienone is 1. The lowest BCUT2D eigenvalue weighted by molar-refractivity contribution is -0.247. The molecular formula is C9H14O2. The summed E-state index contributed by atoms with van der Waals surface area (Å²) in [5.41, 5.74) is 0. The molecule has 2 heteroatoms. The van der Waals surface area contributed by atoms with E-state index in [9.17, 15) is 0 Å².